The van der Waals surface area contributed by atoms with Gasteiger partial charge in [-0.05, 0) is 37.1 Å². The molecule has 0 spiro atoms. The number of hydrogen-bond acceptors (Lipinski definition) is 4. The van der Waals surface area contributed by atoms with Crippen molar-refractivity contribution >= 4 is 11.3 Å². The lowest BCUT2D eigenvalue weighted by molar-refractivity contribution is 0.961. The Labute approximate surface area is 93.0 Å². The molecule has 2 rings (SSSR count). The summed E-state index contributed by atoms with van der Waals surface area (Å²) in [6, 6.07) is 2.03. The average Bonchev–Trinajstić information content (AvgIpc) is 2.66. The van der Waals surface area contributed by atoms with E-state index in [-0.39, 0.29) is 0 Å². The molecule has 2 aromatic rings. The molecule has 4 heteroatoms. The van der Waals surface area contributed by atoms with Crippen LogP contribution in [0.15, 0.2) is 24.7 Å². The van der Waals surface area contributed by atoms with Crippen molar-refractivity contribution in [1.82, 2.24) is 9.97 Å². The molecule has 0 atom stereocenters. The van der Waals surface area contributed by atoms with Gasteiger partial charge in [0, 0.05) is 18.6 Å². The number of aryl methyl sites for hydroxylation is 1. The number of thiazole rings is 1. The van der Waals surface area contributed by atoms with Crippen LogP contribution in [0.5, 0.6) is 0 Å². The standard InChI is InChI=1S/C11H13N3S/c1-8-14-7-11(15-8)10-3-5-13-6-9(10)2-4-12/h3,5-7H,2,4,12H2,1H3. The summed E-state index contributed by atoms with van der Waals surface area (Å²) < 4.78 is 0. The van der Waals surface area contributed by atoms with Crippen molar-refractivity contribution in [1.29, 1.82) is 0 Å². The maximum atomic E-state index is 5.57. The summed E-state index contributed by atoms with van der Waals surface area (Å²) in [7, 11) is 0. The summed E-state index contributed by atoms with van der Waals surface area (Å²) in [5.74, 6) is 0. The van der Waals surface area contributed by atoms with Gasteiger partial charge in [0.1, 0.15) is 0 Å². The summed E-state index contributed by atoms with van der Waals surface area (Å²) >= 11 is 1.70. The van der Waals surface area contributed by atoms with Crippen LogP contribution in [-0.4, -0.2) is 16.5 Å². The Kier molecular flexibility index (Phi) is 3.08. The predicted molar refractivity (Wildman–Crippen MR) is 62.8 cm³/mol. The van der Waals surface area contributed by atoms with Gasteiger partial charge in [0.2, 0.25) is 0 Å². The molecule has 0 aliphatic carbocycles. The first-order chi connectivity index (χ1) is 7.31. The number of pyridine rings is 1. The van der Waals surface area contributed by atoms with E-state index in [1.807, 2.05) is 31.6 Å². The van der Waals surface area contributed by atoms with Crippen molar-refractivity contribution in [3.05, 3.63) is 35.2 Å². The Bertz CT molecular complexity index is 451. The van der Waals surface area contributed by atoms with Crippen molar-refractivity contribution in [2.24, 2.45) is 5.73 Å². The molecule has 2 N–H and O–H groups in total. The first kappa shape index (κ1) is 10.3. The van der Waals surface area contributed by atoms with Gasteiger partial charge >= 0.3 is 0 Å². The van der Waals surface area contributed by atoms with E-state index < -0.39 is 0 Å². The molecule has 3 nitrogen and oxygen atoms in total. The second kappa shape index (κ2) is 4.51. The van der Waals surface area contributed by atoms with Gasteiger partial charge in [0.25, 0.3) is 0 Å². The Morgan fingerprint density at radius 3 is 2.93 bits per heavy atom. The fourth-order valence-electron chi connectivity index (χ4n) is 1.51. The molecule has 0 aromatic carbocycles. The molecule has 0 fully saturated rings. The van der Waals surface area contributed by atoms with E-state index in [0.29, 0.717) is 6.54 Å². The van der Waals surface area contributed by atoms with Crippen molar-refractivity contribution in [2.45, 2.75) is 13.3 Å². The van der Waals surface area contributed by atoms with E-state index in [1.165, 1.54) is 16.0 Å². The zero-order valence-corrected chi connectivity index (χ0v) is 9.42. The molecule has 0 radical (unpaired) electrons. The van der Waals surface area contributed by atoms with Gasteiger partial charge in [0.05, 0.1) is 9.88 Å². The van der Waals surface area contributed by atoms with E-state index in [2.05, 4.69) is 9.97 Å². The molecule has 0 aliphatic rings. The van der Waals surface area contributed by atoms with Crippen LogP contribution >= 0.6 is 11.3 Å². The van der Waals surface area contributed by atoms with Gasteiger partial charge in [-0.3, -0.25) is 4.98 Å². The van der Waals surface area contributed by atoms with Crippen LogP contribution in [-0.2, 0) is 6.42 Å². The minimum absolute atomic E-state index is 0.649. The number of nitrogens with two attached hydrogens (primary N) is 1. The lowest BCUT2D eigenvalue weighted by Crippen LogP contribution is -2.04. The second-order valence-electron chi connectivity index (χ2n) is 3.32. The van der Waals surface area contributed by atoms with E-state index in [9.17, 15) is 0 Å². The molecular weight excluding hydrogens is 206 g/mol. The van der Waals surface area contributed by atoms with Crippen LogP contribution in [0.2, 0.25) is 0 Å². The first-order valence-electron chi connectivity index (χ1n) is 4.87. The molecule has 0 bridgehead atoms. The summed E-state index contributed by atoms with van der Waals surface area (Å²) in [6.07, 6.45) is 6.47. The zero-order chi connectivity index (χ0) is 10.7. The third kappa shape index (κ3) is 2.22. The normalized spacial score (nSPS) is 10.5. The van der Waals surface area contributed by atoms with Crippen LogP contribution in [0.4, 0.5) is 0 Å². The molecule has 78 valence electrons. The van der Waals surface area contributed by atoms with E-state index in [0.717, 1.165) is 11.4 Å². The fourth-order valence-corrected chi connectivity index (χ4v) is 2.35. The van der Waals surface area contributed by atoms with E-state index >= 15 is 0 Å². The SMILES string of the molecule is Cc1ncc(-c2ccncc2CCN)s1. The number of aromatic nitrogens is 2. The van der Waals surface area contributed by atoms with Crippen LogP contribution in [0.3, 0.4) is 0 Å². The van der Waals surface area contributed by atoms with Crippen LogP contribution in [0.25, 0.3) is 10.4 Å². The van der Waals surface area contributed by atoms with Gasteiger partial charge in [0.15, 0.2) is 0 Å². The minimum atomic E-state index is 0.649. The molecule has 15 heavy (non-hydrogen) atoms. The van der Waals surface area contributed by atoms with E-state index in [4.69, 9.17) is 5.73 Å². The maximum Gasteiger partial charge on any atom is 0.0900 e. The van der Waals surface area contributed by atoms with Crippen LogP contribution in [0.1, 0.15) is 10.6 Å². The average molecular weight is 219 g/mol. The van der Waals surface area contributed by atoms with Gasteiger partial charge < -0.3 is 5.73 Å². The Morgan fingerprint density at radius 2 is 2.27 bits per heavy atom. The molecule has 2 aromatic heterocycles. The molecule has 0 saturated heterocycles. The molecular formula is C11H13N3S. The predicted octanol–water partition coefficient (Wildman–Crippen LogP) is 2.01. The van der Waals surface area contributed by atoms with Crippen molar-refractivity contribution < 1.29 is 0 Å². The van der Waals surface area contributed by atoms with E-state index in [1.54, 1.807) is 11.3 Å². The van der Waals surface area contributed by atoms with Gasteiger partial charge in [-0.15, -0.1) is 11.3 Å². The Morgan fingerprint density at radius 1 is 1.40 bits per heavy atom. The molecule has 0 unspecified atom stereocenters. The highest BCUT2D eigenvalue weighted by molar-refractivity contribution is 7.15. The second-order valence-corrected chi connectivity index (χ2v) is 4.55. The third-order valence-corrected chi connectivity index (χ3v) is 3.15. The number of nitrogens with zero attached hydrogens (tertiary/aromatic N) is 2. The smallest absolute Gasteiger partial charge is 0.0900 e. The summed E-state index contributed by atoms with van der Waals surface area (Å²) in [5, 5.41) is 1.08. The topological polar surface area (TPSA) is 51.8 Å². The number of hydrogen-bond donors (Lipinski definition) is 1. The first-order valence-corrected chi connectivity index (χ1v) is 5.68. The Balaban J connectivity index is 2.42. The fraction of sp³-hybridized carbons (Fsp3) is 0.273. The summed E-state index contributed by atoms with van der Waals surface area (Å²) in [4.78, 5) is 9.58. The summed E-state index contributed by atoms with van der Waals surface area (Å²) in [5.41, 5.74) is 7.98. The van der Waals surface area contributed by atoms with Gasteiger partial charge in [-0.2, -0.15) is 0 Å². The van der Waals surface area contributed by atoms with Crippen molar-refractivity contribution in [3.8, 4) is 10.4 Å². The van der Waals surface area contributed by atoms with Gasteiger partial charge in [-0.1, -0.05) is 0 Å². The third-order valence-electron chi connectivity index (χ3n) is 2.20. The van der Waals surface area contributed by atoms with Crippen molar-refractivity contribution in [3.63, 3.8) is 0 Å². The lowest BCUT2D eigenvalue weighted by Gasteiger charge is -2.04. The Hall–Kier alpha value is -1.26. The highest BCUT2D eigenvalue weighted by atomic mass is 32.1. The van der Waals surface area contributed by atoms with Crippen LogP contribution in [0, 0.1) is 6.92 Å². The lowest BCUT2D eigenvalue weighted by atomic mass is 10.1. The summed E-state index contributed by atoms with van der Waals surface area (Å²) in [6.45, 7) is 2.66. The van der Waals surface area contributed by atoms with Crippen LogP contribution < -0.4 is 5.73 Å². The molecule has 0 saturated carbocycles. The largest absolute Gasteiger partial charge is 0.330 e. The quantitative estimate of drug-likeness (QED) is 0.859. The minimum Gasteiger partial charge on any atom is -0.330 e. The van der Waals surface area contributed by atoms with Crippen molar-refractivity contribution in [2.75, 3.05) is 6.54 Å². The molecule has 0 aliphatic heterocycles. The molecule has 2 heterocycles. The highest BCUT2D eigenvalue weighted by Crippen LogP contribution is 2.28. The highest BCUT2D eigenvalue weighted by Gasteiger charge is 2.06. The van der Waals surface area contributed by atoms with Gasteiger partial charge in [-0.25, -0.2) is 4.98 Å². The number of rotatable bonds is 3. The maximum absolute atomic E-state index is 5.57. The zero-order valence-electron chi connectivity index (χ0n) is 8.60. The monoisotopic (exact) mass is 219 g/mol. The molecule has 0 amide bonds.